The van der Waals surface area contributed by atoms with Gasteiger partial charge in [0.25, 0.3) is 0 Å². The van der Waals surface area contributed by atoms with Gasteiger partial charge in [-0.15, -0.1) is 0 Å². The molecule has 1 aliphatic heterocycles. The molecule has 24 heavy (non-hydrogen) atoms. The van der Waals surface area contributed by atoms with Gasteiger partial charge in [0.05, 0.1) is 12.0 Å². The first-order valence-electron chi connectivity index (χ1n) is 8.54. The molecule has 1 amide bonds. The van der Waals surface area contributed by atoms with Crippen molar-refractivity contribution in [1.82, 2.24) is 5.32 Å². The van der Waals surface area contributed by atoms with Crippen LogP contribution in [0.3, 0.4) is 0 Å². The minimum absolute atomic E-state index is 0.0281. The third-order valence-electron chi connectivity index (χ3n) is 5.49. The molecule has 128 valence electrons. The minimum atomic E-state index is -0.511. The van der Waals surface area contributed by atoms with E-state index in [0.29, 0.717) is 28.7 Å². The van der Waals surface area contributed by atoms with Gasteiger partial charge in [0.1, 0.15) is 11.4 Å². The largest absolute Gasteiger partial charge is 0.486 e. The number of fused-ring (bicyclic) bond motifs is 3. The van der Waals surface area contributed by atoms with Crippen molar-refractivity contribution in [2.24, 2.45) is 17.8 Å². The van der Waals surface area contributed by atoms with Crippen molar-refractivity contribution in [2.75, 3.05) is 0 Å². The van der Waals surface area contributed by atoms with Gasteiger partial charge < -0.3 is 10.1 Å². The number of rotatable bonds is 1. The van der Waals surface area contributed by atoms with Crippen LogP contribution in [0.4, 0.5) is 0 Å². The van der Waals surface area contributed by atoms with Crippen molar-refractivity contribution < 1.29 is 14.3 Å². The monoisotopic (exact) mass is 347 g/mol. The summed E-state index contributed by atoms with van der Waals surface area (Å²) in [6.45, 7) is 5.96. The Balaban J connectivity index is 1.58. The first kappa shape index (κ1) is 15.9. The lowest BCUT2D eigenvalue weighted by atomic mass is 9.84. The summed E-state index contributed by atoms with van der Waals surface area (Å²) in [7, 11) is 0. The number of hydrogen-bond acceptors (Lipinski definition) is 3. The first-order chi connectivity index (χ1) is 11.2. The Morgan fingerprint density at radius 1 is 1.38 bits per heavy atom. The lowest BCUT2D eigenvalue weighted by Gasteiger charge is -2.37. The molecular formula is C19H22ClNO3. The molecule has 0 unspecified atom stereocenters. The Bertz CT molecular complexity index is 739. The van der Waals surface area contributed by atoms with Crippen LogP contribution in [0.25, 0.3) is 0 Å². The van der Waals surface area contributed by atoms with Gasteiger partial charge in [-0.05, 0) is 57.7 Å². The van der Waals surface area contributed by atoms with Gasteiger partial charge in [-0.1, -0.05) is 11.6 Å². The van der Waals surface area contributed by atoms with Crippen molar-refractivity contribution in [3.63, 3.8) is 0 Å². The highest BCUT2D eigenvalue weighted by molar-refractivity contribution is 6.31. The highest BCUT2D eigenvalue weighted by Gasteiger charge is 2.70. The zero-order valence-electron chi connectivity index (χ0n) is 14.2. The molecule has 0 radical (unpaired) electrons. The van der Waals surface area contributed by atoms with E-state index in [-0.39, 0.29) is 29.1 Å². The van der Waals surface area contributed by atoms with Crippen LogP contribution in [0, 0.1) is 17.8 Å². The second kappa shape index (κ2) is 4.98. The molecule has 2 fully saturated rings. The smallest absolute Gasteiger partial charge is 0.224 e. The first-order valence-corrected chi connectivity index (χ1v) is 8.92. The molecule has 0 bridgehead atoms. The van der Waals surface area contributed by atoms with E-state index in [4.69, 9.17) is 16.3 Å². The molecule has 0 saturated heterocycles. The fraction of sp³-hybridized carbons (Fsp3) is 0.579. The predicted octanol–water partition coefficient (Wildman–Crippen LogP) is 3.61. The second-order valence-electron chi connectivity index (χ2n) is 8.40. The van der Waals surface area contributed by atoms with Gasteiger partial charge in [-0.25, -0.2) is 0 Å². The van der Waals surface area contributed by atoms with E-state index in [1.165, 1.54) is 0 Å². The summed E-state index contributed by atoms with van der Waals surface area (Å²) in [5.74, 6) is 1.23. The third-order valence-corrected chi connectivity index (χ3v) is 5.73. The molecule has 4 atom stereocenters. The summed E-state index contributed by atoms with van der Waals surface area (Å²) in [4.78, 5) is 25.2. The number of amides is 1. The number of ether oxygens (including phenoxy) is 1. The maximum Gasteiger partial charge on any atom is 0.224 e. The predicted molar refractivity (Wildman–Crippen MR) is 91.4 cm³/mol. The van der Waals surface area contributed by atoms with Crippen LogP contribution in [0.1, 0.15) is 50.4 Å². The van der Waals surface area contributed by atoms with Crippen LogP contribution >= 0.6 is 11.6 Å². The van der Waals surface area contributed by atoms with E-state index in [1.807, 2.05) is 20.8 Å². The number of Topliss-reactive ketones (excluding diaryl/α,β-unsaturated/α-hetero) is 1. The number of carbonyl (C=O) groups excluding carboxylic acids is 2. The van der Waals surface area contributed by atoms with Crippen molar-refractivity contribution >= 4 is 23.3 Å². The van der Waals surface area contributed by atoms with E-state index in [0.717, 1.165) is 12.8 Å². The molecule has 1 aromatic carbocycles. The third kappa shape index (κ3) is 2.43. The normalized spacial score (nSPS) is 33.7. The summed E-state index contributed by atoms with van der Waals surface area (Å²) in [6.07, 6.45) is 2.14. The highest BCUT2D eigenvalue weighted by atomic mass is 35.5. The van der Waals surface area contributed by atoms with Crippen molar-refractivity contribution in [1.29, 1.82) is 0 Å². The molecule has 2 saturated carbocycles. The Morgan fingerprint density at radius 3 is 2.83 bits per heavy atom. The van der Waals surface area contributed by atoms with Crippen LogP contribution in [-0.2, 0) is 4.79 Å². The summed E-state index contributed by atoms with van der Waals surface area (Å²) < 4.78 is 6.31. The summed E-state index contributed by atoms with van der Waals surface area (Å²) in [5.41, 5.74) is -0.191. The van der Waals surface area contributed by atoms with E-state index in [9.17, 15) is 9.59 Å². The summed E-state index contributed by atoms with van der Waals surface area (Å²) in [5, 5.41) is 3.61. The molecule has 4 rings (SSSR count). The molecule has 5 heteroatoms. The maximum absolute atomic E-state index is 12.6. The maximum atomic E-state index is 12.6. The Morgan fingerprint density at radius 2 is 2.12 bits per heavy atom. The number of ketones is 1. The van der Waals surface area contributed by atoms with Crippen LogP contribution in [-0.4, -0.2) is 22.8 Å². The molecule has 1 N–H and O–H groups in total. The average molecular weight is 348 g/mol. The standard InChI is InChI=1S/C19H22ClNO3/c1-18(2,3)21-17(23)15-11-6-7-19(16(11)15)9-13(22)12-8-10(20)4-5-14(12)24-19/h4-5,8,11,15-16H,6-7,9H2,1-3H3,(H,21,23)/t11-,15+,16-,19-/m0/s1. The second-order valence-corrected chi connectivity index (χ2v) is 8.84. The molecule has 1 aromatic rings. The highest BCUT2D eigenvalue weighted by Crippen LogP contribution is 2.65. The summed E-state index contributed by atoms with van der Waals surface area (Å²) >= 11 is 6.00. The summed E-state index contributed by atoms with van der Waals surface area (Å²) in [6, 6.07) is 5.20. The Kier molecular flexibility index (Phi) is 3.31. The topological polar surface area (TPSA) is 55.4 Å². The van der Waals surface area contributed by atoms with E-state index < -0.39 is 5.60 Å². The quantitative estimate of drug-likeness (QED) is 0.844. The minimum Gasteiger partial charge on any atom is -0.486 e. The number of hydrogen-bond donors (Lipinski definition) is 1. The number of carbonyl (C=O) groups is 2. The molecule has 0 aromatic heterocycles. The van der Waals surface area contributed by atoms with Crippen LogP contribution < -0.4 is 10.1 Å². The van der Waals surface area contributed by atoms with Crippen molar-refractivity contribution in [2.45, 2.75) is 51.2 Å². The van der Waals surface area contributed by atoms with Crippen molar-refractivity contribution in [3.05, 3.63) is 28.8 Å². The fourth-order valence-electron chi connectivity index (χ4n) is 4.59. The molecular weight excluding hydrogens is 326 g/mol. The van der Waals surface area contributed by atoms with Gasteiger partial charge in [0.2, 0.25) is 5.91 Å². The van der Waals surface area contributed by atoms with Crippen LogP contribution in [0.2, 0.25) is 5.02 Å². The van der Waals surface area contributed by atoms with E-state index in [1.54, 1.807) is 18.2 Å². The van der Waals surface area contributed by atoms with Crippen LogP contribution in [0.5, 0.6) is 5.75 Å². The van der Waals surface area contributed by atoms with E-state index in [2.05, 4.69) is 5.32 Å². The van der Waals surface area contributed by atoms with Gasteiger partial charge in [0, 0.05) is 22.4 Å². The van der Waals surface area contributed by atoms with Gasteiger partial charge >= 0.3 is 0 Å². The molecule has 4 nitrogen and oxygen atoms in total. The van der Waals surface area contributed by atoms with E-state index >= 15 is 0 Å². The lowest BCUT2D eigenvalue weighted by Crippen LogP contribution is -2.46. The molecule has 1 spiro atoms. The molecule has 2 aliphatic carbocycles. The average Bonchev–Trinajstić information content (AvgIpc) is 3.11. The van der Waals surface area contributed by atoms with Gasteiger partial charge in [0.15, 0.2) is 5.78 Å². The van der Waals surface area contributed by atoms with Gasteiger partial charge in [-0.3, -0.25) is 9.59 Å². The number of benzene rings is 1. The van der Waals surface area contributed by atoms with Crippen LogP contribution in [0.15, 0.2) is 18.2 Å². The van der Waals surface area contributed by atoms with Crippen molar-refractivity contribution in [3.8, 4) is 5.75 Å². The zero-order valence-corrected chi connectivity index (χ0v) is 14.9. The van der Waals surface area contributed by atoms with Gasteiger partial charge in [-0.2, -0.15) is 0 Å². The number of halogens is 1. The Labute approximate surface area is 146 Å². The number of nitrogens with one attached hydrogen (secondary N) is 1. The zero-order chi connectivity index (χ0) is 17.3. The molecule has 3 aliphatic rings. The Hall–Kier alpha value is -1.55. The SMILES string of the molecule is CC(C)(C)NC(=O)[C@@H]1[C@@H]2CC[C@]3(CC(=O)c4cc(Cl)ccc4O3)[C@@H]21. The fourth-order valence-corrected chi connectivity index (χ4v) is 4.77. The lowest BCUT2D eigenvalue weighted by molar-refractivity contribution is -0.125. The molecule has 1 heterocycles.